The van der Waals surface area contributed by atoms with Gasteiger partial charge in [-0.15, -0.1) is 11.3 Å². The topological polar surface area (TPSA) is 97.4 Å². The molecular formula is C19H17N3O4S2. The molecule has 0 unspecified atom stereocenters. The highest BCUT2D eigenvalue weighted by atomic mass is 32.2. The predicted molar refractivity (Wildman–Crippen MR) is 107 cm³/mol. The maximum atomic E-state index is 12.7. The number of nitrogens with one attached hydrogen (secondary N) is 2. The van der Waals surface area contributed by atoms with Gasteiger partial charge in [0.05, 0.1) is 10.6 Å². The van der Waals surface area contributed by atoms with Crippen molar-refractivity contribution in [3.8, 4) is 16.3 Å². The first-order valence-corrected chi connectivity index (χ1v) is 10.9. The van der Waals surface area contributed by atoms with E-state index in [2.05, 4.69) is 15.0 Å². The van der Waals surface area contributed by atoms with Crippen LogP contribution < -0.4 is 14.8 Å². The summed E-state index contributed by atoms with van der Waals surface area (Å²) in [5.74, 6) is -0.190. The molecular weight excluding hydrogens is 398 g/mol. The number of rotatable bonds is 4. The molecule has 9 heteroatoms. The number of anilines is 1. The monoisotopic (exact) mass is 415 g/mol. The van der Waals surface area contributed by atoms with E-state index in [0.717, 1.165) is 16.4 Å². The smallest absolute Gasteiger partial charge is 0.265 e. The molecule has 7 nitrogen and oxygen atoms in total. The first kappa shape index (κ1) is 18.5. The van der Waals surface area contributed by atoms with Gasteiger partial charge in [-0.25, -0.2) is 18.1 Å². The third kappa shape index (κ3) is 3.71. The van der Waals surface area contributed by atoms with Gasteiger partial charge >= 0.3 is 0 Å². The van der Waals surface area contributed by atoms with Crippen LogP contribution >= 0.6 is 11.3 Å². The highest BCUT2D eigenvalue weighted by molar-refractivity contribution is 7.90. The first-order valence-electron chi connectivity index (χ1n) is 8.53. The number of fused-ring (bicyclic) bond motifs is 1. The fourth-order valence-corrected chi connectivity index (χ4v) is 4.61. The van der Waals surface area contributed by atoms with Crippen LogP contribution in [0.2, 0.25) is 0 Å². The number of nitrogens with zero attached hydrogens (tertiary/aromatic N) is 1. The number of amides is 1. The molecule has 0 atom stereocenters. The highest BCUT2D eigenvalue weighted by Gasteiger charge is 2.21. The molecule has 0 fully saturated rings. The number of aromatic nitrogens is 1. The molecule has 144 valence electrons. The Bertz CT molecular complexity index is 1160. The van der Waals surface area contributed by atoms with Crippen LogP contribution in [0.1, 0.15) is 16.1 Å². The molecule has 0 bridgehead atoms. The van der Waals surface area contributed by atoms with Crippen molar-refractivity contribution in [3.63, 3.8) is 0 Å². The average molecular weight is 415 g/mol. The minimum absolute atomic E-state index is 0.00193. The van der Waals surface area contributed by atoms with Crippen molar-refractivity contribution in [2.45, 2.75) is 11.8 Å². The standard InChI is InChI=1S/C19H17N3O4S2/c1-12-11-27-19(21-12)14-3-2-4-15(9-14)28(24,25)22-18(23)13-5-6-16-17(10-13)26-8-7-20-16/h2-6,9-11,20H,7-8H2,1H3,(H,22,23). The number of sulfonamides is 1. The lowest BCUT2D eigenvalue weighted by Crippen LogP contribution is -2.30. The van der Waals surface area contributed by atoms with Crippen molar-refractivity contribution in [3.05, 3.63) is 59.1 Å². The Kier molecular flexibility index (Phi) is 4.78. The van der Waals surface area contributed by atoms with Crippen LogP contribution in [0, 0.1) is 6.92 Å². The van der Waals surface area contributed by atoms with Gasteiger partial charge in [-0.2, -0.15) is 0 Å². The van der Waals surface area contributed by atoms with Gasteiger partial charge in [0.25, 0.3) is 15.9 Å². The maximum absolute atomic E-state index is 12.7. The van der Waals surface area contributed by atoms with Crippen LogP contribution in [0.25, 0.3) is 10.6 Å². The second-order valence-corrected chi connectivity index (χ2v) is 8.78. The zero-order valence-electron chi connectivity index (χ0n) is 14.9. The summed E-state index contributed by atoms with van der Waals surface area (Å²) in [7, 11) is -4.03. The molecule has 1 amide bonds. The number of aryl methyl sites for hydroxylation is 1. The van der Waals surface area contributed by atoms with Gasteiger partial charge < -0.3 is 10.1 Å². The van der Waals surface area contributed by atoms with Gasteiger partial charge in [0, 0.05) is 28.7 Å². The van der Waals surface area contributed by atoms with Gasteiger partial charge in [-0.1, -0.05) is 12.1 Å². The van der Waals surface area contributed by atoms with Crippen molar-refractivity contribution in [1.82, 2.24) is 9.71 Å². The van der Waals surface area contributed by atoms with Crippen LogP contribution in [0.4, 0.5) is 5.69 Å². The van der Waals surface area contributed by atoms with E-state index in [1.54, 1.807) is 24.3 Å². The summed E-state index contributed by atoms with van der Waals surface area (Å²) in [6, 6.07) is 11.1. The van der Waals surface area contributed by atoms with Gasteiger partial charge in [0.2, 0.25) is 0 Å². The minimum atomic E-state index is -4.03. The number of hydrogen-bond acceptors (Lipinski definition) is 7. The molecule has 0 spiro atoms. The first-order chi connectivity index (χ1) is 13.4. The summed E-state index contributed by atoms with van der Waals surface area (Å²) < 4.78 is 33.0. The lowest BCUT2D eigenvalue weighted by Gasteiger charge is -2.19. The van der Waals surface area contributed by atoms with Crippen molar-refractivity contribution < 1.29 is 17.9 Å². The second-order valence-electron chi connectivity index (χ2n) is 6.24. The third-order valence-electron chi connectivity index (χ3n) is 4.16. The summed E-state index contributed by atoms with van der Waals surface area (Å²) >= 11 is 1.43. The molecule has 3 aromatic rings. The molecule has 1 aliphatic rings. The fourth-order valence-electron chi connectivity index (χ4n) is 2.80. The SMILES string of the molecule is Cc1csc(-c2cccc(S(=O)(=O)NC(=O)c3ccc4c(c3)OCCN4)c2)n1. The lowest BCUT2D eigenvalue weighted by molar-refractivity contribution is 0.0981. The van der Waals surface area contributed by atoms with E-state index >= 15 is 0 Å². The number of thiazole rings is 1. The fraction of sp³-hybridized carbons (Fsp3) is 0.158. The summed E-state index contributed by atoms with van der Waals surface area (Å²) in [6.45, 7) is 3.04. The Hall–Kier alpha value is -2.91. The average Bonchev–Trinajstić information content (AvgIpc) is 3.14. The molecule has 0 radical (unpaired) electrons. The van der Waals surface area contributed by atoms with Crippen LogP contribution in [0.3, 0.4) is 0 Å². The minimum Gasteiger partial charge on any atom is -0.490 e. The summed E-state index contributed by atoms with van der Waals surface area (Å²) in [5, 5.41) is 5.76. The maximum Gasteiger partial charge on any atom is 0.265 e. The van der Waals surface area contributed by atoms with Crippen LogP contribution in [-0.2, 0) is 10.0 Å². The van der Waals surface area contributed by atoms with E-state index in [9.17, 15) is 13.2 Å². The largest absolute Gasteiger partial charge is 0.490 e. The lowest BCUT2D eigenvalue weighted by atomic mass is 10.1. The number of carbonyl (C=O) groups is 1. The Balaban J connectivity index is 1.58. The van der Waals surface area contributed by atoms with E-state index in [4.69, 9.17) is 4.74 Å². The normalized spacial score (nSPS) is 13.2. The van der Waals surface area contributed by atoms with Crippen LogP contribution in [-0.4, -0.2) is 32.5 Å². The van der Waals surface area contributed by atoms with Crippen molar-refractivity contribution in [2.75, 3.05) is 18.5 Å². The zero-order chi connectivity index (χ0) is 19.7. The van der Waals surface area contributed by atoms with Gasteiger partial charge in [0.1, 0.15) is 17.4 Å². The molecule has 28 heavy (non-hydrogen) atoms. The van der Waals surface area contributed by atoms with Crippen LogP contribution in [0.5, 0.6) is 5.75 Å². The molecule has 2 N–H and O–H groups in total. The summed E-state index contributed by atoms with van der Waals surface area (Å²) in [6.07, 6.45) is 0. The number of benzene rings is 2. The van der Waals surface area contributed by atoms with Crippen molar-refractivity contribution >= 4 is 33.0 Å². The second kappa shape index (κ2) is 7.25. The van der Waals surface area contributed by atoms with E-state index in [-0.39, 0.29) is 10.5 Å². The Morgan fingerprint density at radius 2 is 2.11 bits per heavy atom. The van der Waals surface area contributed by atoms with Crippen molar-refractivity contribution in [2.24, 2.45) is 0 Å². The third-order valence-corrected chi connectivity index (χ3v) is 6.49. The van der Waals surface area contributed by atoms with E-state index < -0.39 is 15.9 Å². The molecule has 0 saturated heterocycles. The molecule has 1 aliphatic heterocycles. The Morgan fingerprint density at radius 3 is 2.89 bits per heavy atom. The Morgan fingerprint density at radius 1 is 1.25 bits per heavy atom. The van der Waals surface area contributed by atoms with E-state index in [1.807, 2.05) is 12.3 Å². The van der Waals surface area contributed by atoms with E-state index in [0.29, 0.717) is 24.5 Å². The van der Waals surface area contributed by atoms with Gasteiger partial charge in [-0.3, -0.25) is 4.79 Å². The highest BCUT2D eigenvalue weighted by Crippen LogP contribution is 2.29. The summed E-state index contributed by atoms with van der Waals surface area (Å²) in [5.41, 5.74) is 2.53. The van der Waals surface area contributed by atoms with Crippen LogP contribution in [0.15, 0.2) is 52.7 Å². The number of hydrogen-bond donors (Lipinski definition) is 2. The van der Waals surface area contributed by atoms with Crippen molar-refractivity contribution in [1.29, 1.82) is 0 Å². The van der Waals surface area contributed by atoms with E-state index in [1.165, 1.54) is 29.5 Å². The molecule has 0 saturated carbocycles. The zero-order valence-corrected chi connectivity index (χ0v) is 16.6. The summed E-state index contributed by atoms with van der Waals surface area (Å²) in [4.78, 5) is 16.9. The van der Waals surface area contributed by atoms with Gasteiger partial charge in [-0.05, 0) is 37.3 Å². The number of carbonyl (C=O) groups excluding carboxylic acids is 1. The quantitative estimate of drug-likeness (QED) is 0.680. The van der Waals surface area contributed by atoms with Gasteiger partial charge in [0.15, 0.2) is 0 Å². The molecule has 0 aliphatic carbocycles. The molecule has 1 aromatic heterocycles. The predicted octanol–water partition coefficient (Wildman–Crippen LogP) is 3.04. The molecule has 2 aromatic carbocycles. The molecule has 2 heterocycles. The molecule has 4 rings (SSSR count). The Labute approximate surface area is 166 Å². The number of ether oxygens (including phenoxy) is 1.